The maximum atomic E-state index is 13.7. The van der Waals surface area contributed by atoms with Gasteiger partial charge in [-0.15, -0.1) is 0 Å². The number of benzene rings is 2. The zero-order chi connectivity index (χ0) is 16.2. The molecule has 3 rings (SSSR count). The van der Waals surface area contributed by atoms with E-state index in [-0.39, 0.29) is 5.82 Å². The molecule has 2 nitrogen and oxygen atoms in total. The molecule has 23 heavy (non-hydrogen) atoms. The molecular weight excluding hydrogens is 289 g/mol. The van der Waals surface area contributed by atoms with Crippen molar-refractivity contribution in [3.63, 3.8) is 0 Å². The molecule has 0 radical (unpaired) electrons. The van der Waals surface area contributed by atoms with Gasteiger partial charge in [0.1, 0.15) is 11.6 Å². The fraction of sp³-hybridized carbons (Fsp3) is 0.400. The van der Waals surface area contributed by atoms with Crippen LogP contribution in [-0.4, -0.2) is 20.2 Å². The average Bonchev–Trinajstić information content (AvgIpc) is 2.71. The minimum atomic E-state index is -0.141. The summed E-state index contributed by atoms with van der Waals surface area (Å²) >= 11 is 0. The maximum Gasteiger partial charge on any atom is 0.123 e. The van der Waals surface area contributed by atoms with Gasteiger partial charge in [0.15, 0.2) is 0 Å². The Balaban J connectivity index is 2.03. The second-order valence-electron chi connectivity index (χ2n) is 6.10. The molecule has 0 fully saturated rings. The topological polar surface area (TPSA) is 21.3 Å². The molecule has 0 saturated carbocycles. The summed E-state index contributed by atoms with van der Waals surface area (Å²) in [6, 6.07) is 11.6. The summed E-state index contributed by atoms with van der Waals surface area (Å²) in [7, 11) is 1.70. The number of nitrogens with one attached hydrogen (secondary N) is 1. The Hall–Kier alpha value is -1.87. The lowest BCUT2D eigenvalue weighted by molar-refractivity contribution is 0.414. The first-order valence-electron chi connectivity index (χ1n) is 8.38. The number of fused-ring (bicyclic) bond motifs is 2. The average molecular weight is 313 g/mol. The van der Waals surface area contributed by atoms with Gasteiger partial charge in [-0.25, -0.2) is 4.39 Å². The Morgan fingerprint density at radius 1 is 1.09 bits per heavy atom. The van der Waals surface area contributed by atoms with Crippen molar-refractivity contribution in [3.8, 4) is 5.75 Å². The van der Waals surface area contributed by atoms with Crippen molar-refractivity contribution >= 4 is 0 Å². The summed E-state index contributed by atoms with van der Waals surface area (Å²) in [6.45, 7) is 4.05. The highest BCUT2D eigenvalue weighted by Gasteiger charge is 2.24. The molecule has 2 aromatic carbocycles. The number of rotatable bonds is 5. The highest BCUT2D eigenvalue weighted by atomic mass is 19.1. The summed E-state index contributed by atoms with van der Waals surface area (Å²) in [6.07, 6.45) is 2.83. The third-order valence-electron chi connectivity index (χ3n) is 4.73. The molecular formula is C20H24FNO. The summed E-state index contributed by atoms with van der Waals surface area (Å²) in [5.41, 5.74) is 5.09. The maximum absolute atomic E-state index is 13.7. The van der Waals surface area contributed by atoms with E-state index in [0.29, 0.717) is 5.92 Å². The van der Waals surface area contributed by atoms with Crippen LogP contribution in [0.1, 0.15) is 41.5 Å². The standard InChI is InChI=1S/C20H24FNO/c1-3-22-11-10-20-18-8-6-16(21)12-14(18)4-5-15-13-17(23-2)7-9-19(15)20/h6-9,12-13,20,22H,3-5,10-11H2,1-2H3. The number of methoxy groups -OCH3 is 1. The normalized spacial score (nSPS) is 16.4. The van der Waals surface area contributed by atoms with Gasteiger partial charge in [0.25, 0.3) is 0 Å². The molecule has 0 amide bonds. The van der Waals surface area contributed by atoms with E-state index in [0.717, 1.165) is 43.7 Å². The van der Waals surface area contributed by atoms with Gasteiger partial charge in [-0.1, -0.05) is 19.1 Å². The van der Waals surface area contributed by atoms with Crippen molar-refractivity contribution in [3.05, 3.63) is 64.5 Å². The number of halogens is 1. The molecule has 2 aromatic rings. The van der Waals surface area contributed by atoms with Gasteiger partial charge in [0.2, 0.25) is 0 Å². The van der Waals surface area contributed by atoms with Gasteiger partial charge in [0.05, 0.1) is 7.11 Å². The van der Waals surface area contributed by atoms with Gasteiger partial charge < -0.3 is 10.1 Å². The third-order valence-corrected chi connectivity index (χ3v) is 4.73. The fourth-order valence-electron chi connectivity index (χ4n) is 3.57. The Bertz CT molecular complexity index is 683. The molecule has 1 unspecified atom stereocenters. The lowest BCUT2D eigenvalue weighted by Crippen LogP contribution is -2.18. The van der Waals surface area contributed by atoms with Crippen LogP contribution in [0, 0.1) is 5.82 Å². The molecule has 1 aliphatic carbocycles. The van der Waals surface area contributed by atoms with Crippen LogP contribution in [0.15, 0.2) is 36.4 Å². The van der Waals surface area contributed by atoms with Gasteiger partial charge >= 0.3 is 0 Å². The molecule has 0 spiro atoms. The van der Waals surface area contributed by atoms with Crippen molar-refractivity contribution in [1.82, 2.24) is 5.32 Å². The third kappa shape index (κ3) is 3.40. The summed E-state index contributed by atoms with van der Waals surface area (Å²) in [4.78, 5) is 0. The molecule has 0 aliphatic heterocycles. The van der Waals surface area contributed by atoms with Crippen LogP contribution in [0.2, 0.25) is 0 Å². The fourth-order valence-corrected chi connectivity index (χ4v) is 3.57. The zero-order valence-corrected chi connectivity index (χ0v) is 13.9. The van der Waals surface area contributed by atoms with E-state index < -0.39 is 0 Å². The van der Waals surface area contributed by atoms with Crippen molar-refractivity contribution < 1.29 is 9.13 Å². The monoisotopic (exact) mass is 313 g/mol. The van der Waals surface area contributed by atoms with Crippen LogP contribution in [0.4, 0.5) is 4.39 Å². The largest absolute Gasteiger partial charge is 0.497 e. The quantitative estimate of drug-likeness (QED) is 0.840. The summed E-state index contributed by atoms with van der Waals surface area (Å²) in [5, 5.41) is 3.41. The molecule has 0 bridgehead atoms. The molecule has 1 aliphatic rings. The van der Waals surface area contributed by atoms with E-state index in [1.807, 2.05) is 12.1 Å². The molecule has 0 heterocycles. The van der Waals surface area contributed by atoms with Gasteiger partial charge in [-0.2, -0.15) is 0 Å². The SMILES string of the molecule is CCNCCC1c2ccc(F)cc2CCc2cc(OC)ccc21. The first kappa shape index (κ1) is 16.0. The van der Waals surface area contributed by atoms with E-state index in [1.54, 1.807) is 19.2 Å². The van der Waals surface area contributed by atoms with Crippen molar-refractivity contribution in [1.29, 1.82) is 0 Å². The van der Waals surface area contributed by atoms with Crippen LogP contribution in [0.25, 0.3) is 0 Å². The molecule has 0 aromatic heterocycles. The Morgan fingerprint density at radius 3 is 2.48 bits per heavy atom. The Labute approximate surface area is 137 Å². The van der Waals surface area contributed by atoms with Gasteiger partial charge in [0, 0.05) is 5.92 Å². The molecule has 1 N–H and O–H groups in total. The highest BCUT2D eigenvalue weighted by Crippen LogP contribution is 2.37. The number of aryl methyl sites for hydroxylation is 2. The molecule has 0 saturated heterocycles. The van der Waals surface area contributed by atoms with Crippen LogP contribution in [0.5, 0.6) is 5.75 Å². The predicted octanol–water partition coefficient (Wildman–Crippen LogP) is 4.06. The van der Waals surface area contributed by atoms with Crippen molar-refractivity contribution in [2.75, 3.05) is 20.2 Å². The second kappa shape index (κ2) is 7.14. The van der Waals surface area contributed by atoms with Crippen molar-refractivity contribution in [2.24, 2.45) is 0 Å². The predicted molar refractivity (Wildman–Crippen MR) is 91.8 cm³/mol. The lowest BCUT2D eigenvalue weighted by atomic mass is 9.85. The van der Waals surface area contributed by atoms with E-state index in [4.69, 9.17) is 4.74 Å². The van der Waals surface area contributed by atoms with Crippen LogP contribution in [-0.2, 0) is 12.8 Å². The number of hydrogen-bond acceptors (Lipinski definition) is 2. The van der Waals surface area contributed by atoms with E-state index in [9.17, 15) is 4.39 Å². The molecule has 1 atom stereocenters. The minimum Gasteiger partial charge on any atom is -0.497 e. The van der Waals surface area contributed by atoms with E-state index in [1.165, 1.54) is 16.7 Å². The summed E-state index contributed by atoms with van der Waals surface area (Å²) in [5.74, 6) is 1.07. The first-order chi connectivity index (χ1) is 11.2. The zero-order valence-electron chi connectivity index (χ0n) is 13.9. The number of ether oxygens (including phenoxy) is 1. The minimum absolute atomic E-state index is 0.141. The Morgan fingerprint density at radius 2 is 1.78 bits per heavy atom. The molecule has 122 valence electrons. The van der Waals surface area contributed by atoms with Crippen molar-refractivity contribution in [2.45, 2.75) is 32.1 Å². The molecule has 3 heteroatoms. The van der Waals surface area contributed by atoms with Gasteiger partial charge in [-0.3, -0.25) is 0 Å². The first-order valence-corrected chi connectivity index (χ1v) is 8.38. The van der Waals surface area contributed by atoms with E-state index >= 15 is 0 Å². The van der Waals surface area contributed by atoms with Crippen LogP contribution in [0.3, 0.4) is 0 Å². The summed E-state index contributed by atoms with van der Waals surface area (Å²) < 4.78 is 19.1. The highest BCUT2D eigenvalue weighted by molar-refractivity contribution is 5.47. The van der Waals surface area contributed by atoms with Crippen LogP contribution >= 0.6 is 0 Å². The number of hydrogen-bond donors (Lipinski definition) is 1. The smallest absolute Gasteiger partial charge is 0.123 e. The van der Waals surface area contributed by atoms with Gasteiger partial charge in [-0.05, 0) is 78.9 Å². The van der Waals surface area contributed by atoms with E-state index in [2.05, 4.69) is 24.4 Å². The van der Waals surface area contributed by atoms with Crippen LogP contribution < -0.4 is 10.1 Å². The second-order valence-corrected chi connectivity index (χ2v) is 6.10. The Kier molecular flexibility index (Phi) is 4.97. The lowest BCUT2D eigenvalue weighted by Gasteiger charge is -2.21.